The number of nitrogens with two attached hydrogens (primary N) is 1. The number of carbonyl (C=O) groups is 1. The number of primary amides is 1. The smallest absolute Gasteiger partial charge is 0.235 e. The molecule has 0 radical (unpaired) electrons. The molecule has 3 rings (SSSR count). The second kappa shape index (κ2) is 7.51. The quantitative estimate of drug-likeness (QED) is 0.671. The molecule has 1 atom stereocenters. The van der Waals surface area contributed by atoms with Crippen LogP contribution in [0.5, 0.6) is 0 Å². The third-order valence-corrected chi connectivity index (χ3v) is 4.99. The molecule has 2 N–H and O–H groups in total. The fraction of sp³-hybridized carbons (Fsp3) is 0.222. The molecule has 1 amide bonds. The molecule has 24 heavy (non-hydrogen) atoms. The van der Waals surface area contributed by atoms with E-state index in [2.05, 4.69) is 9.55 Å². The molecule has 1 aromatic heterocycles. The van der Waals surface area contributed by atoms with E-state index in [0.717, 1.165) is 21.8 Å². The highest BCUT2D eigenvalue weighted by atomic mass is 32.2. The van der Waals surface area contributed by atoms with E-state index in [4.69, 9.17) is 10.5 Å². The summed E-state index contributed by atoms with van der Waals surface area (Å²) in [7, 11) is 1.67. The van der Waals surface area contributed by atoms with Gasteiger partial charge in [0.2, 0.25) is 5.91 Å². The molecule has 3 aromatic rings. The van der Waals surface area contributed by atoms with Crippen molar-refractivity contribution < 1.29 is 9.53 Å². The number of imidazole rings is 1. The van der Waals surface area contributed by atoms with E-state index in [1.165, 1.54) is 11.8 Å². The Morgan fingerprint density at radius 1 is 1.21 bits per heavy atom. The van der Waals surface area contributed by atoms with Crippen LogP contribution in [-0.4, -0.2) is 29.2 Å². The summed E-state index contributed by atoms with van der Waals surface area (Å²) in [6.45, 7) is 1.24. The first-order chi connectivity index (χ1) is 11.7. The minimum absolute atomic E-state index is 0.378. The van der Waals surface area contributed by atoms with Crippen LogP contribution >= 0.6 is 11.8 Å². The predicted octanol–water partition coefficient (Wildman–Crippen LogP) is 3.00. The van der Waals surface area contributed by atoms with Gasteiger partial charge in [0.1, 0.15) is 5.25 Å². The zero-order valence-corrected chi connectivity index (χ0v) is 14.2. The largest absolute Gasteiger partial charge is 0.383 e. The molecule has 124 valence electrons. The third-order valence-electron chi connectivity index (χ3n) is 3.72. The Balaban J connectivity index is 1.99. The number of hydrogen-bond acceptors (Lipinski definition) is 4. The van der Waals surface area contributed by atoms with Gasteiger partial charge in [-0.25, -0.2) is 4.98 Å². The first-order valence-electron chi connectivity index (χ1n) is 7.66. The van der Waals surface area contributed by atoms with Crippen LogP contribution in [0.25, 0.3) is 11.0 Å². The lowest BCUT2D eigenvalue weighted by Crippen LogP contribution is -2.19. The van der Waals surface area contributed by atoms with Crippen LogP contribution in [0.15, 0.2) is 59.8 Å². The Morgan fingerprint density at radius 2 is 1.92 bits per heavy atom. The summed E-state index contributed by atoms with van der Waals surface area (Å²) in [5.41, 5.74) is 8.43. The van der Waals surface area contributed by atoms with Gasteiger partial charge in [-0.05, 0) is 17.7 Å². The Labute approximate surface area is 144 Å². The molecule has 0 fully saturated rings. The first kappa shape index (κ1) is 16.5. The number of methoxy groups -OCH3 is 1. The molecule has 0 saturated carbocycles. The van der Waals surface area contributed by atoms with Crippen LogP contribution in [0.2, 0.25) is 0 Å². The third kappa shape index (κ3) is 3.44. The second-order valence-electron chi connectivity index (χ2n) is 5.34. The summed E-state index contributed by atoms with van der Waals surface area (Å²) in [6, 6.07) is 17.4. The minimum Gasteiger partial charge on any atom is -0.383 e. The molecule has 0 saturated heterocycles. The van der Waals surface area contributed by atoms with Crippen molar-refractivity contribution in [3.05, 3.63) is 60.2 Å². The molecule has 6 heteroatoms. The summed E-state index contributed by atoms with van der Waals surface area (Å²) in [5, 5.41) is 0.283. The van der Waals surface area contributed by atoms with Crippen molar-refractivity contribution in [3.8, 4) is 0 Å². The van der Waals surface area contributed by atoms with Gasteiger partial charge in [-0.2, -0.15) is 0 Å². The summed E-state index contributed by atoms with van der Waals surface area (Å²) >= 11 is 1.37. The normalized spacial score (nSPS) is 12.4. The van der Waals surface area contributed by atoms with Gasteiger partial charge >= 0.3 is 0 Å². The lowest BCUT2D eigenvalue weighted by atomic mass is 10.1. The highest BCUT2D eigenvalue weighted by Gasteiger charge is 2.23. The summed E-state index contributed by atoms with van der Waals surface area (Å²) in [6.07, 6.45) is 0. The lowest BCUT2D eigenvalue weighted by molar-refractivity contribution is -0.117. The maximum atomic E-state index is 12.0. The fourth-order valence-corrected chi connectivity index (χ4v) is 3.65. The first-order valence-corrected chi connectivity index (χ1v) is 8.54. The molecule has 2 aromatic carbocycles. The number of carbonyl (C=O) groups excluding carboxylic acids is 1. The zero-order valence-electron chi connectivity index (χ0n) is 13.4. The van der Waals surface area contributed by atoms with E-state index < -0.39 is 5.25 Å². The molecule has 5 nitrogen and oxygen atoms in total. The minimum atomic E-state index is -0.482. The van der Waals surface area contributed by atoms with Crippen molar-refractivity contribution in [1.82, 2.24) is 9.55 Å². The fourth-order valence-electron chi connectivity index (χ4n) is 2.57. The maximum absolute atomic E-state index is 12.0. The van der Waals surface area contributed by atoms with Gasteiger partial charge in [-0.1, -0.05) is 54.2 Å². The molecular formula is C18H19N3O2S. The van der Waals surface area contributed by atoms with Crippen LogP contribution in [0, 0.1) is 0 Å². The number of amides is 1. The van der Waals surface area contributed by atoms with E-state index in [-0.39, 0.29) is 5.91 Å². The molecule has 0 unspecified atom stereocenters. The van der Waals surface area contributed by atoms with Gasteiger partial charge in [0, 0.05) is 13.7 Å². The summed E-state index contributed by atoms with van der Waals surface area (Å²) in [5.74, 6) is -0.378. The monoisotopic (exact) mass is 341 g/mol. The van der Waals surface area contributed by atoms with Gasteiger partial charge in [-0.3, -0.25) is 4.79 Å². The van der Waals surface area contributed by atoms with Gasteiger partial charge in [-0.15, -0.1) is 0 Å². The Hall–Kier alpha value is -2.31. The molecule has 0 aliphatic rings. The number of hydrogen-bond donors (Lipinski definition) is 1. The number of thioether (sulfide) groups is 1. The van der Waals surface area contributed by atoms with Crippen LogP contribution in [0.4, 0.5) is 0 Å². The topological polar surface area (TPSA) is 70.1 Å². The molecule has 0 spiro atoms. The number of nitrogens with zero attached hydrogens (tertiary/aromatic N) is 2. The maximum Gasteiger partial charge on any atom is 0.235 e. The Morgan fingerprint density at radius 3 is 2.62 bits per heavy atom. The number of para-hydroxylation sites is 2. The van der Waals surface area contributed by atoms with Gasteiger partial charge in [0.05, 0.1) is 17.6 Å². The molecule has 0 aliphatic heterocycles. The highest BCUT2D eigenvalue weighted by Crippen LogP contribution is 2.36. The number of benzene rings is 2. The van der Waals surface area contributed by atoms with Gasteiger partial charge in [0.15, 0.2) is 5.16 Å². The zero-order chi connectivity index (χ0) is 16.9. The van der Waals surface area contributed by atoms with Crippen LogP contribution in [0.1, 0.15) is 10.8 Å². The average molecular weight is 341 g/mol. The summed E-state index contributed by atoms with van der Waals surface area (Å²) in [4.78, 5) is 16.7. The lowest BCUT2D eigenvalue weighted by Gasteiger charge is -2.14. The SMILES string of the molecule is COCCn1c(S[C@H](C(N)=O)c2ccccc2)nc2ccccc21. The van der Waals surface area contributed by atoms with Crippen molar-refractivity contribution in [2.24, 2.45) is 5.73 Å². The standard InChI is InChI=1S/C18H19N3O2S/c1-23-12-11-21-15-10-6-5-9-14(15)20-18(21)24-16(17(19)22)13-7-3-2-4-8-13/h2-10,16H,11-12H2,1H3,(H2,19,22)/t16-/m0/s1. The summed E-state index contributed by atoms with van der Waals surface area (Å²) < 4.78 is 7.28. The molecule has 1 heterocycles. The van der Waals surface area contributed by atoms with Gasteiger partial charge < -0.3 is 15.0 Å². The van der Waals surface area contributed by atoms with Crippen molar-refractivity contribution in [2.45, 2.75) is 17.0 Å². The van der Waals surface area contributed by atoms with E-state index >= 15 is 0 Å². The van der Waals surface area contributed by atoms with E-state index in [1.54, 1.807) is 7.11 Å². The molecule has 0 aliphatic carbocycles. The number of aromatic nitrogens is 2. The Bertz CT molecular complexity index is 833. The van der Waals surface area contributed by atoms with Crippen molar-refractivity contribution in [1.29, 1.82) is 0 Å². The number of rotatable bonds is 7. The van der Waals surface area contributed by atoms with Crippen molar-refractivity contribution in [3.63, 3.8) is 0 Å². The predicted molar refractivity (Wildman–Crippen MR) is 95.8 cm³/mol. The van der Waals surface area contributed by atoms with E-state index in [0.29, 0.717) is 13.2 Å². The van der Waals surface area contributed by atoms with Gasteiger partial charge in [0.25, 0.3) is 0 Å². The molecule has 0 bridgehead atoms. The average Bonchev–Trinajstić information content (AvgIpc) is 2.95. The number of ether oxygens (including phenoxy) is 1. The van der Waals surface area contributed by atoms with E-state index in [1.807, 2.05) is 54.6 Å². The highest BCUT2D eigenvalue weighted by molar-refractivity contribution is 8.00. The second-order valence-corrected chi connectivity index (χ2v) is 6.41. The van der Waals surface area contributed by atoms with Crippen LogP contribution in [0.3, 0.4) is 0 Å². The van der Waals surface area contributed by atoms with Crippen molar-refractivity contribution >= 4 is 28.7 Å². The van der Waals surface area contributed by atoms with Crippen molar-refractivity contribution in [2.75, 3.05) is 13.7 Å². The van der Waals surface area contributed by atoms with Crippen LogP contribution < -0.4 is 5.73 Å². The van der Waals surface area contributed by atoms with Crippen LogP contribution in [-0.2, 0) is 16.1 Å². The Kier molecular flexibility index (Phi) is 5.17. The molecular weight excluding hydrogens is 322 g/mol. The number of fused-ring (bicyclic) bond motifs is 1. The van der Waals surface area contributed by atoms with E-state index in [9.17, 15) is 4.79 Å².